The van der Waals surface area contributed by atoms with E-state index in [1.165, 1.54) is 0 Å². The maximum Gasteiger partial charge on any atom is 0.252 e. The molecule has 1 aromatic heterocycles. The molecule has 3 rings (SSSR count). The number of hydrogen-bond donors (Lipinski definition) is 2. The van der Waals surface area contributed by atoms with Gasteiger partial charge < -0.3 is 20.1 Å². The maximum absolute atomic E-state index is 12.6. The van der Waals surface area contributed by atoms with E-state index < -0.39 is 0 Å². The van der Waals surface area contributed by atoms with Crippen LogP contribution in [0.1, 0.15) is 25.1 Å². The Morgan fingerprint density at radius 3 is 2.67 bits per heavy atom. The van der Waals surface area contributed by atoms with Crippen molar-refractivity contribution >= 4 is 44.8 Å². The largest absolute Gasteiger partial charge is 0.493 e. The van der Waals surface area contributed by atoms with Gasteiger partial charge in [-0.05, 0) is 78.7 Å². The van der Waals surface area contributed by atoms with Crippen LogP contribution < -0.4 is 20.1 Å². The van der Waals surface area contributed by atoms with Gasteiger partial charge in [0.1, 0.15) is 18.1 Å². The number of hydrogen-bond acceptors (Lipinski definition) is 5. The van der Waals surface area contributed by atoms with Gasteiger partial charge in [-0.3, -0.25) is 9.78 Å². The summed E-state index contributed by atoms with van der Waals surface area (Å²) in [5.41, 5.74) is 3.74. The van der Waals surface area contributed by atoms with E-state index in [1.807, 2.05) is 44.2 Å². The highest BCUT2D eigenvalue weighted by Crippen LogP contribution is 2.32. The van der Waals surface area contributed by atoms with Crippen molar-refractivity contribution in [3.63, 3.8) is 0 Å². The van der Waals surface area contributed by atoms with Gasteiger partial charge in [-0.15, -0.1) is 0 Å². The Kier molecular flexibility index (Phi) is 8.74. The lowest BCUT2D eigenvalue weighted by Crippen LogP contribution is -2.13. The summed E-state index contributed by atoms with van der Waals surface area (Å²) in [7, 11) is 0. The zero-order chi connectivity index (χ0) is 23.8. The fourth-order valence-electron chi connectivity index (χ4n) is 2.89. The fourth-order valence-corrected chi connectivity index (χ4v) is 3.69. The normalized spacial score (nSPS) is 11.1. The first kappa shape index (κ1) is 24.6. The van der Waals surface area contributed by atoms with Crippen molar-refractivity contribution in [2.75, 3.05) is 17.2 Å². The van der Waals surface area contributed by atoms with Gasteiger partial charge in [-0.2, -0.15) is 0 Å². The second kappa shape index (κ2) is 11.7. The summed E-state index contributed by atoms with van der Waals surface area (Å²) in [6.07, 6.45) is 3.37. The van der Waals surface area contributed by atoms with Crippen molar-refractivity contribution in [1.82, 2.24) is 4.98 Å². The molecule has 2 N–H and O–H groups in total. The lowest BCUT2D eigenvalue weighted by Gasteiger charge is -2.13. The Hall–Kier alpha value is -3.03. The summed E-state index contributed by atoms with van der Waals surface area (Å²) in [5.74, 6) is 1.01. The van der Waals surface area contributed by atoms with Gasteiger partial charge in [0.05, 0.1) is 21.8 Å². The van der Waals surface area contributed by atoms with Crippen LogP contribution in [0.15, 0.2) is 71.0 Å². The van der Waals surface area contributed by atoms with E-state index >= 15 is 0 Å². The Bertz CT molecular complexity index is 1150. The first-order chi connectivity index (χ1) is 15.9. The third-order valence-corrected chi connectivity index (χ3v) is 5.59. The molecule has 2 aromatic carbocycles. The molecule has 33 heavy (non-hydrogen) atoms. The molecule has 0 atom stereocenters. The highest BCUT2D eigenvalue weighted by Gasteiger charge is 2.10. The van der Waals surface area contributed by atoms with Crippen molar-refractivity contribution in [1.29, 1.82) is 0 Å². The number of halogens is 2. The molecule has 0 radical (unpaired) electrons. The van der Waals surface area contributed by atoms with Crippen molar-refractivity contribution in [3.05, 3.63) is 87.3 Å². The first-order valence-electron chi connectivity index (χ1n) is 10.4. The smallest absolute Gasteiger partial charge is 0.252 e. The van der Waals surface area contributed by atoms with Gasteiger partial charge in [0.2, 0.25) is 0 Å². The summed E-state index contributed by atoms with van der Waals surface area (Å²) < 4.78 is 12.2. The highest BCUT2D eigenvalue weighted by atomic mass is 79.9. The summed E-state index contributed by atoms with van der Waals surface area (Å²) in [5, 5.41) is 6.43. The van der Waals surface area contributed by atoms with Gasteiger partial charge >= 0.3 is 0 Å². The molecule has 0 bridgehead atoms. The third kappa shape index (κ3) is 6.97. The van der Waals surface area contributed by atoms with E-state index in [0.717, 1.165) is 27.2 Å². The second-order valence-electron chi connectivity index (χ2n) is 7.21. The minimum atomic E-state index is -0.250. The number of pyridine rings is 1. The maximum atomic E-state index is 12.6. The van der Waals surface area contributed by atoms with E-state index in [1.54, 1.807) is 37.5 Å². The number of nitrogens with zero attached hydrogens (tertiary/aromatic N) is 1. The van der Waals surface area contributed by atoms with E-state index in [-0.39, 0.29) is 5.91 Å². The average molecular weight is 531 g/mol. The SMILES string of the molecule is CCOc1cc(N/C=C(\C)C(=O)Nc2ccc(OCc3ccccn3)c(Cl)c2)c(C)cc1Br. The van der Waals surface area contributed by atoms with Crippen LogP contribution in [0.25, 0.3) is 0 Å². The van der Waals surface area contributed by atoms with Crippen LogP contribution in [0.3, 0.4) is 0 Å². The van der Waals surface area contributed by atoms with Crippen molar-refractivity contribution < 1.29 is 14.3 Å². The van der Waals surface area contributed by atoms with Crippen LogP contribution in [-0.2, 0) is 11.4 Å². The third-order valence-electron chi connectivity index (χ3n) is 4.67. The van der Waals surface area contributed by atoms with Gasteiger partial charge in [-0.25, -0.2) is 0 Å². The van der Waals surface area contributed by atoms with Crippen LogP contribution in [0.5, 0.6) is 11.5 Å². The highest BCUT2D eigenvalue weighted by molar-refractivity contribution is 9.10. The van der Waals surface area contributed by atoms with Crippen LogP contribution in [0, 0.1) is 6.92 Å². The van der Waals surface area contributed by atoms with Crippen molar-refractivity contribution in [3.8, 4) is 11.5 Å². The predicted octanol–water partition coefficient (Wildman–Crippen LogP) is 6.74. The lowest BCUT2D eigenvalue weighted by molar-refractivity contribution is -0.112. The number of benzene rings is 2. The van der Waals surface area contributed by atoms with E-state index in [2.05, 4.69) is 31.5 Å². The Balaban J connectivity index is 1.61. The average Bonchev–Trinajstić information content (AvgIpc) is 2.80. The Morgan fingerprint density at radius 2 is 1.97 bits per heavy atom. The van der Waals surface area contributed by atoms with Crippen LogP contribution in [-0.4, -0.2) is 17.5 Å². The Labute approximate surface area is 207 Å². The number of aryl methyl sites for hydroxylation is 1. The number of ether oxygens (including phenoxy) is 2. The van der Waals surface area contributed by atoms with E-state index in [9.17, 15) is 4.79 Å². The molecule has 8 heteroatoms. The van der Waals surface area contributed by atoms with Gasteiger partial charge in [0.25, 0.3) is 5.91 Å². The minimum absolute atomic E-state index is 0.250. The van der Waals surface area contributed by atoms with Crippen molar-refractivity contribution in [2.24, 2.45) is 0 Å². The van der Waals surface area contributed by atoms with Gasteiger partial charge in [0, 0.05) is 35.4 Å². The molecule has 1 heterocycles. The summed E-state index contributed by atoms with van der Waals surface area (Å²) in [4.78, 5) is 16.8. The molecule has 0 unspecified atom stereocenters. The molecular formula is C25H25BrClN3O3. The first-order valence-corrected chi connectivity index (χ1v) is 11.5. The Morgan fingerprint density at radius 1 is 1.15 bits per heavy atom. The molecule has 0 saturated heterocycles. The fraction of sp³-hybridized carbons (Fsp3) is 0.200. The minimum Gasteiger partial charge on any atom is -0.493 e. The molecule has 3 aromatic rings. The number of nitrogens with one attached hydrogen (secondary N) is 2. The number of carbonyl (C=O) groups is 1. The number of anilines is 2. The summed E-state index contributed by atoms with van der Waals surface area (Å²) in [6.45, 7) is 6.50. The predicted molar refractivity (Wildman–Crippen MR) is 136 cm³/mol. The molecule has 0 aliphatic heterocycles. The van der Waals surface area contributed by atoms with Crippen LogP contribution >= 0.6 is 27.5 Å². The second-order valence-corrected chi connectivity index (χ2v) is 8.47. The number of amides is 1. The van der Waals surface area contributed by atoms with Gasteiger partial charge in [-0.1, -0.05) is 17.7 Å². The number of aromatic nitrogens is 1. The summed E-state index contributed by atoms with van der Waals surface area (Å²) >= 11 is 9.83. The molecule has 0 spiro atoms. The zero-order valence-electron chi connectivity index (χ0n) is 18.6. The van der Waals surface area contributed by atoms with Crippen molar-refractivity contribution in [2.45, 2.75) is 27.4 Å². The monoisotopic (exact) mass is 529 g/mol. The molecule has 1 amide bonds. The van der Waals surface area contributed by atoms with Crippen LogP contribution in [0.2, 0.25) is 5.02 Å². The lowest BCUT2D eigenvalue weighted by atomic mass is 10.2. The molecule has 6 nitrogen and oxygen atoms in total. The zero-order valence-corrected chi connectivity index (χ0v) is 21.0. The topological polar surface area (TPSA) is 72.5 Å². The summed E-state index contributed by atoms with van der Waals surface area (Å²) in [6, 6.07) is 14.6. The van der Waals surface area contributed by atoms with E-state index in [0.29, 0.717) is 35.2 Å². The molecule has 0 aliphatic rings. The molecule has 0 aliphatic carbocycles. The van der Waals surface area contributed by atoms with E-state index in [4.69, 9.17) is 21.1 Å². The molecule has 172 valence electrons. The quantitative estimate of drug-likeness (QED) is 0.300. The number of rotatable bonds is 9. The molecular weight excluding hydrogens is 506 g/mol. The molecule has 0 saturated carbocycles. The standard InChI is InChI=1S/C25H25BrClN3O3/c1-4-32-24-13-22(16(2)11-20(24)26)29-14-17(3)25(31)30-18-8-9-23(21(27)12-18)33-15-19-7-5-6-10-28-19/h5-14,29H,4,15H2,1-3H3,(H,30,31)/b17-14+. The van der Waals surface area contributed by atoms with Gasteiger partial charge in [0.15, 0.2) is 0 Å². The number of carbonyl (C=O) groups excluding carboxylic acids is 1. The molecule has 0 fully saturated rings. The van der Waals surface area contributed by atoms with Crippen LogP contribution in [0.4, 0.5) is 11.4 Å².